The monoisotopic (exact) mass is 214 g/mol. The van der Waals surface area contributed by atoms with Gasteiger partial charge in [-0.2, -0.15) is 0 Å². The Labute approximate surface area is 90.9 Å². The maximum atomic E-state index is 10.9. The quantitative estimate of drug-likeness (QED) is 0.326. The Hall–Kier alpha value is -1.05. The smallest absolute Gasteiger partial charge is 0.305 e. The van der Waals surface area contributed by atoms with Crippen molar-refractivity contribution >= 4 is 5.97 Å². The molecule has 0 aromatic rings. The van der Waals surface area contributed by atoms with Crippen molar-refractivity contribution in [1.29, 1.82) is 0 Å². The van der Waals surface area contributed by atoms with Gasteiger partial charge in [0.05, 0.1) is 19.8 Å². The zero-order valence-electron chi connectivity index (χ0n) is 9.16. The maximum absolute atomic E-state index is 10.9. The molecule has 0 saturated carbocycles. The first-order valence-electron chi connectivity index (χ1n) is 5.05. The molecule has 0 aliphatic carbocycles. The number of terminal acetylenes is 1. The van der Waals surface area contributed by atoms with Crippen molar-refractivity contribution in [1.82, 2.24) is 0 Å². The Morgan fingerprint density at radius 1 is 1.27 bits per heavy atom. The van der Waals surface area contributed by atoms with Crippen molar-refractivity contribution in [2.75, 3.05) is 33.0 Å². The third-order valence-corrected chi connectivity index (χ3v) is 1.53. The van der Waals surface area contributed by atoms with Crippen molar-refractivity contribution in [2.24, 2.45) is 0 Å². The van der Waals surface area contributed by atoms with Gasteiger partial charge in [0.15, 0.2) is 0 Å². The topological polar surface area (TPSA) is 44.8 Å². The second-order valence-electron chi connectivity index (χ2n) is 2.78. The lowest BCUT2D eigenvalue weighted by Gasteiger charge is -2.04. The molecule has 86 valence electrons. The number of esters is 1. The van der Waals surface area contributed by atoms with E-state index in [1.165, 1.54) is 0 Å². The van der Waals surface area contributed by atoms with Crippen molar-refractivity contribution < 1.29 is 19.0 Å². The highest BCUT2D eigenvalue weighted by atomic mass is 16.5. The predicted octanol–water partition coefficient (Wildman–Crippen LogP) is 0.996. The molecule has 0 rings (SSSR count). The van der Waals surface area contributed by atoms with Crippen LogP contribution in [0, 0.1) is 12.3 Å². The normalized spacial score (nSPS) is 9.60. The van der Waals surface area contributed by atoms with Crippen molar-refractivity contribution in [3.8, 4) is 12.3 Å². The van der Waals surface area contributed by atoms with Crippen LogP contribution >= 0.6 is 0 Å². The van der Waals surface area contributed by atoms with Crippen LogP contribution in [0.25, 0.3) is 0 Å². The highest BCUT2D eigenvalue weighted by Crippen LogP contribution is 1.93. The Balaban J connectivity index is 3.05. The van der Waals surface area contributed by atoms with E-state index in [9.17, 15) is 4.79 Å². The van der Waals surface area contributed by atoms with Crippen LogP contribution in [0.5, 0.6) is 0 Å². The van der Waals surface area contributed by atoms with Crippen LogP contribution < -0.4 is 0 Å². The molecule has 0 N–H and O–H groups in total. The first-order chi connectivity index (χ1) is 7.31. The van der Waals surface area contributed by atoms with Crippen molar-refractivity contribution in [3.63, 3.8) is 0 Å². The van der Waals surface area contributed by atoms with E-state index in [1.807, 2.05) is 0 Å². The molecular formula is C11H18O4. The van der Waals surface area contributed by atoms with Gasteiger partial charge < -0.3 is 14.2 Å². The van der Waals surface area contributed by atoms with Crippen LogP contribution in [0.2, 0.25) is 0 Å². The molecule has 0 aliphatic rings. The molecule has 0 aromatic heterocycles. The van der Waals surface area contributed by atoms with E-state index in [-0.39, 0.29) is 5.97 Å². The molecule has 4 nitrogen and oxygen atoms in total. The summed E-state index contributed by atoms with van der Waals surface area (Å²) in [5.74, 6) is 2.18. The highest BCUT2D eigenvalue weighted by molar-refractivity contribution is 5.69. The number of rotatable bonds is 9. The Morgan fingerprint density at radius 3 is 2.67 bits per heavy atom. The van der Waals surface area contributed by atoms with Gasteiger partial charge in [0, 0.05) is 13.0 Å². The summed E-state index contributed by atoms with van der Waals surface area (Å²) in [4.78, 5) is 10.9. The van der Waals surface area contributed by atoms with Gasteiger partial charge in [-0.3, -0.25) is 4.79 Å². The lowest BCUT2D eigenvalue weighted by atomic mass is 10.3. The number of carbonyl (C=O) groups is 1. The molecule has 0 fully saturated rings. The van der Waals surface area contributed by atoms with Gasteiger partial charge in [0.25, 0.3) is 0 Å². The number of hydrogen-bond donors (Lipinski definition) is 0. The minimum Gasteiger partial charge on any atom is -0.466 e. The Morgan fingerprint density at radius 2 is 2.00 bits per heavy atom. The molecule has 0 aromatic carbocycles. The molecule has 0 amide bonds. The summed E-state index contributed by atoms with van der Waals surface area (Å²) in [6, 6.07) is 0. The predicted molar refractivity (Wildman–Crippen MR) is 56.3 cm³/mol. The maximum Gasteiger partial charge on any atom is 0.305 e. The van der Waals surface area contributed by atoms with Crippen LogP contribution in [0.15, 0.2) is 0 Å². The molecule has 0 spiro atoms. The van der Waals surface area contributed by atoms with E-state index < -0.39 is 0 Å². The second-order valence-corrected chi connectivity index (χ2v) is 2.78. The first-order valence-corrected chi connectivity index (χ1v) is 5.05. The molecule has 0 aliphatic heterocycles. The largest absolute Gasteiger partial charge is 0.466 e. The van der Waals surface area contributed by atoms with Crippen molar-refractivity contribution in [3.05, 3.63) is 0 Å². The second kappa shape index (κ2) is 11.0. The van der Waals surface area contributed by atoms with Gasteiger partial charge in [-0.25, -0.2) is 0 Å². The third kappa shape index (κ3) is 10.9. The lowest BCUT2D eigenvalue weighted by Crippen LogP contribution is -2.08. The van der Waals surface area contributed by atoms with Crippen LogP contribution in [0.1, 0.15) is 19.8 Å². The Kier molecular flexibility index (Phi) is 10.3. The molecule has 4 heteroatoms. The van der Waals surface area contributed by atoms with E-state index >= 15 is 0 Å². The highest BCUT2D eigenvalue weighted by Gasteiger charge is 2.00. The van der Waals surface area contributed by atoms with Gasteiger partial charge in [-0.15, -0.1) is 6.42 Å². The minimum atomic E-state index is -0.176. The molecule has 0 heterocycles. The Bertz CT molecular complexity index is 195. The van der Waals surface area contributed by atoms with Gasteiger partial charge in [0.2, 0.25) is 0 Å². The van der Waals surface area contributed by atoms with Gasteiger partial charge in [-0.1, -0.05) is 5.92 Å². The van der Waals surface area contributed by atoms with E-state index in [1.54, 1.807) is 6.92 Å². The fraction of sp³-hybridized carbons (Fsp3) is 0.727. The van der Waals surface area contributed by atoms with Gasteiger partial charge >= 0.3 is 5.97 Å². The molecule has 15 heavy (non-hydrogen) atoms. The van der Waals surface area contributed by atoms with E-state index in [0.717, 1.165) is 0 Å². The fourth-order valence-electron chi connectivity index (χ4n) is 0.903. The zero-order valence-corrected chi connectivity index (χ0v) is 9.16. The summed E-state index contributed by atoms with van der Waals surface area (Å²) in [7, 11) is 0. The summed E-state index contributed by atoms with van der Waals surface area (Å²) in [6.07, 6.45) is 6.06. The average Bonchev–Trinajstić information content (AvgIpc) is 2.22. The van der Waals surface area contributed by atoms with Crippen molar-refractivity contribution in [2.45, 2.75) is 19.8 Å². The van der Waals surface area contributed by atoms with Crippen LogP contribution in [-0.2, 0) is 19.0 Å². The average molecular weight is 214 g/mol. The number of carbonyl (C=O) groups excluding carboxylic acids is 1. The SMILES string of the molecule is C#CCOCCOCCCC(=O)OCC. The first kappa shape index (κ1) is 13.9. The lowest BCUT2D eigenvalue weighted by molar-refractivity contribution is -0.143. The standard InChI is InChI=1S/C11H18O4/c1-3-7-13-9-10-14-8-5-6-11(12)15-4-2/h1H,4-10H2,2H3. The van der Waals surface area contributed by atoms with E-state index in [2.05, 4.69) is 5.92 Å². The number of hydrogen-bond acceptors (Lipinski definition) is 4. The van der Waals surface area contributed by atoms with Crippen LogP contribution in [0.3, 0.4) is 0 Å². The summed E-state index contributed by atoms with van der Waals surface area (Å²) < 4.78 is 15.0. The van der Waals surface area contributed by atoms with Gasteiger partial charge in [-0.05, 0) is 13.3 Å². The van der Waals surface area contributed by atoms with E-state index in [0.29, 0.717) is 45.9 Å². The third-order valence-electron chi connectivity index (χ3n) is 1.53. The molecule has 0 unspecified atom stereocenters. The zero-order chi connectivity index (χ0) is 11.4. The summed E-state index contributed by atoms with van der Waals surface area (Å²) in [6.45, 7) is 4.06. The summed E-state index contributed by atoms with van der Waals surface area (Å²) in [5, 5.41) is 0. The minimum absolute atomic E-state index is 0.176. The summed E-state index contributed by atoms with van der Waals surface area (Å²) >= 11 is 0. The number of ether oxygens (including phenoxy) is 3. The van der Waals surface area contributed by atoms with E-state index in [4.69, 9.17) is 20.6 Å². The molecule has 0 bridgehead atoms. The summed E-state index contributed by atoms with van der Waals surface area (Å²) in [5.41, 5.74) is 0. The molecule has 0 saturated heterocycles. The van der Waals surface area contributed by atoms with Crippen LogP contribution in [-0.4, -0.2) is 39.0 Å². The molecule has 0 atom stereocenters. The molecular weight excluding hydrogens is 196 g/mol. The molecule has 0 radical (unpaired) electrons. The van der Waals surface area contributed by atoms with Crippen LogP contribution in [0.4, 0.5) is 0 Å². The fourth-order valence-corrected chi connectivity index (χ4v) is 0.903. The van der Waals surface area contributed by atoms with Gasteiger partial charge in [0.1, 0.15) is 6.61 Å².